The summed E-state index contributed by atoms with van der Waals surface area (Å²) in [5.74, 6) is -0.0165. The van der Waals surface area contributed by atoms with Gasteiger partial charge in [0.1, 0.15) is 23.4 Å². The van der Waals surface area contributed by atoms with Crippen molar-refractivity contribution in [1.29, 1.82) is 0 Å². The lowest BCUT2D eigenvalue weighted by Gasteiger charge is -2.44. The Bertz CT molecular complexity index is 755. The summed E-state index contributed by atoms with van der Waals surface area (Å²) >= 11 is 0. The smallest absolute Gasteiger partial charge is 0.319 e. The Morgan fingerprint density at radius 2 is 1.93 bits per heavy atom. The van der Waals surface area contributed by atoms with Gasteiger partial charge in [-0.1, -0.05) is 11.6 Å². The van der Waals surface area contributed by atoms with Crippen molar-refractivity contribution in [1.82, 2.24) is 4.90 Å². The number of piperidine rings is 1. The van der Waals surface area contributed by atoms with E-state index in [-0.39, 0.29) is 47.4 Å². The van der Waals surface area contributed by atoms with E-state index in [2.05, 4.69) is 19.9 Å². The Hall–Kier alpha value is -1.44. The molecular formula is C23H33NO6. The lowest BCUT2D eigenvalue weighted by molar-refractivity contribution is -0.160. The molecule has 7 heteroatoms. The van der Waals surface area contributed by atoms with Crippen molar-refractivity contribution < 1.29 is 28.5 Å². The molecule has 6 atom stereocenters. The van der Waals surface area contributed by atoms with E-state index in [9.17, 15) is 9.59 Å². The fourth-order valence-electron chi connectivity index (χ4n) is 6.17. The van der Waals surface area contributed by atoms with Crippen LogP contribution in [0.1, 0.15) is 52.4 Å². The van der Waals surface area contributed by atoms with Crippen LogP contribution < -0.4 is 0 Å². The van der Waals surface area contributed by atoms with Crippen molar-refractivity contribution in [2.75, 3.05) is 26.7 Å². The van der Waals surface area contributed by atoms with Gasteiger partial charge in [0.2, 0.25) is 0 Å². The van der Waals surface area contributed by atoms with Crippen LogP contribution in [0.5, 0.6) is 0 Å². The zero-order valence-electron chi connectivity index (χ0n) is 18.2. The van der Waals surface area contributed by atoms with Crippen LogP contribution in [0.3, 0.4) is 0 Å². The highest BCUT2D eigenvalue weighted by Gasteiger charge is 2.92. The Morgan fingerprint density at radius 3 is 2.63 bits per heavy atom. The quantitative estimate of drug-likeness (QED) is 0.371. The van der Waals surface area contributed by atoms with Crippen LogP contribution in [0.4, 0.5) is 0 Å². The zero-order chi connectivity index (χ0) is 21.1. The van der Waals surface area contributed by atoms with Crippen LogP contribution in [-0.4, -0.2) is 73.1 Å². The average Bonchev–Trinajstić information content (AvgIpc) is 3.61. The number of rotatable bonds is 6. The fourth-order valence-corrected chi connectivity index (χ4v) is 6.17. The van der Waals surface area contributed by atoms with Crippen molar-refractivity contribution in [3.05, 3.63) is 11.6 Å². The number of epoxide rings is 2. The molecule has 0 amide bonds. The number of methoxy groups -OCH3 is 1. The first-order valence-electron chi connectivity index (χ1n) is 11.4. The summed E-state index contributed by atoms with van der Waals surface area (Å²) in [5.41, 5.74) is 1.22. The van der Waals surface area contributed by atoms with Crippen LogP contribution in [-0.2, 0) is 28.5 Å². The number of ether oxygens (including phenoxy) is 4. The van der Waals surface area contributed by atoms with Crippen molar-refractivity contribution in [2.45, 2.75) is 81.9 Å². The van der Waals surface area contributed by atoms with Gasteiger partial charge in [-0.15, -0.1) is 0 Å². The summed E-state index contributed by atoms with van der Waals surface area (Å²) in [7, 11) is 1.40. The standard InChI is InChI=1S/C23H33NO6/c1-14(2)4-5-18-23(29-18)17-12-16(6-9-22(17)21(23)30-22)28-20(26)15-7-10-24(11-8-15)13-19(25)27-3/h4,15-18,21H,5-13H2,1-3H3/t16-,17+,18?,21?,22-,23-/m1/s1. The highest BCUT2D eigenvalue weighted by Crippen LogP contribution is 2.77. The van der Waals surface area contributed by atoms with Gasteiger partial charge in [0.05, 0.1) is 25.7 Å². The molecule has 7 nitrogen and oxygen atoms in total. The summed E-state index contributed by atoms with van der Waals surface area (Å²) in [4.78, 5) is 26.2. The van der Waals surface area contributed by atoms with Crippen LogP contribution >= 0.6 is 0 Å². The molecule has 0 radical (unpaired) electrons. The molecule has 0 aromatic rings. The first-order valence-corrected chi connectivity index (χ1v) is 11.4. The summed E-state index contributed by atoms with van der Waals surface area (Å²) in [6, 6.07) is 0. The van der Waals surface area contributed by atoms with Crippen molar-refractivity contribution in [3.63, 3.8) is 0 Å². The largest absolute Gasteiger partial charge is 0.468 e. The first-order chi connectivity index (χ1) is 14.4. The highest BCUT2D eigenvalue weighted by molar-refractivity contribution is 5.73. The lowest BCUT2D eigenvalue weighted by Crippen LogP contribution is -2.59. The molecule has 166 valence electrons. The minimum absolute atomic E-state index is 0.0157. The maximum atomic E-state index is 12.8. The Kier molecular flexibility index (Phi) is 4.99. The van der Waals surface area contributed by atoms with E-state index in [1.807, 2.05) is 4.90 Å². The maximum Gasteiger partial charge on any atom is 0.319 e. The van der Waals surface area contributed by atoms with E-state index in [1.54, 1.807) is 0 Å². The number of carbonyl (C=O) groups excluding carboxylic acids is 2. The normalized spacial score (nSPS) is 41.8. The predicted octanol–water partition coefficient (Wildman–Crippen LogP) is 2.23. The van der Waals surface area contributed by atoms with Crippen molar-refractivity contribution >= 4 is 11.9 Å². The molecule has 0 bridgehead atoms. The Morgan fingerprint density at radius 1 is 1.17 bits per heavy atom. The number of allylic oxidation sites excluding steroid dienone is 1. The van der Waals surface area contributed by atoms with Gasteiger partial charge < -0.3 is 18.9 Å². The van der Waals surface area contributed by atoms with Gasteiger partial charge in [0.25, 0.3) is 0 Å². The Labute approximate surface area is 178 Å². The van der Waals surface area contributed by atoms with E-state index < -0.39 is 0 Å². The average molecular weight is 420 g/mol. The molecular weight excluding hydrogens is 386 g/mol. The number of carbonyl (C=O) groups is 2. The predicted molar refractivity (Wildman–Crippen MR) is 108 cm³/mol. The third-order valence-electron chi connectivity index (χ3n) is 7.94. The molecule has 2 unspecified atom stereocenters. The topological polar surface area (TPSA) is 80.9 Å². The number of esters is 2. The van der Waals surface area contributed by atoms with Crippen LogP contribution in [0.25, 0.3) is 0 Å². The van der Waals surface area contributed by atoms with E-state index in [1.165, 1.54) is 12.7 Å². The maximum absolute atomic E-state index is 12.8. The summed E-state index contributed by atoms with van der Waals surface area (Å²) in [6.07, 6.45) is 7.86. The molecule has 0 N–H and O–H groups in total. The molecule has 5 rings (SSSR count). The van der Waals surface area contributed by atoms with Gasteiger partial charge in [0, 0.05) is 5.92 Å². The first kappa shape index (κ1) is 20.5. The van der Waals surface area contributed by atoms with Gasteiger partial charge >= 0.3 is 11.9 Å². The minimum Gasteiger partial charge on any atom is -0.468 e. The SMILES string of the molecule is COC(=O)CN1CCC(C(=O)O[C@@H]2CC[C@]34OC3[C@@]3(OC3CC=C(C)C)[C@H]4C2)CC1. The van der Waals surface area contributed by atoms with Crippen LogP contribution in [0.2, 0.25) is 0 Å². The molecule has 3 heterocycles. The zero-order valence-corrected chi connectivity index (χ0v) is 18.2. The molecule has 2 aliphatic carbocycles. The fraction of sp³-hybridized carbons (Fsp3) is 0.826. The molecule has 3 saturated heterocycles. The lowest BCUT2D eigenvalue weighted by atomic mass is 9.56. The van der Waals surface area contributed by atoms with E-state index in [0.717, 1.165) is 51.6 Å². The molecule has 5 fully saturated rings. The van der Waals surface area contributed by atoms with Crippen LogP contribution in [0, 0.1) is 11.8 Å². The summed E-state index contributed by atoms with van der Waals surface area (Å²) < 4.78 is 23.0. The van der Waals surface area contributed by atoms with E-state index in [4.69, 9.17) is 18.9 Å². The van der Waals surface area contributed by atoms with E-state index in [0.29, 0.717) is 12.5 Å². The summed E-state index contributed by atoms with van der Waals surface area (Å²) in [5, 5.41) is 0. The molecule has 0 aromatic heterocycles. The highest BCUT2D eigenvalue weighted by atomic mass is 16.7. The molecule has 3 aliphatic heterocycles. The number of hydrogen-bond donors (Lipinski definition) is 0. The van der Waals surface area contributed by atoms with Gasteiger partial charge in [-0.3, -0.25) is 14.5 Å². The second-order valence-corrected chi connectivity index (χ2v) is 9.94. The molecule has 0 aromatic carbocycles. The Balaban J connectivity index is 1.11. The second kappa shape index (κ2) is 7.31. The molecule has 5 aliphatic rings. The van der Waals surface area contributed by atoms with Gasteiger partial charge in [-0.2, -0.15) is 0 Å². The van der Waals surface area contributed by atoms with E-state index >= 15 is 0 Å². The monoisotopic (exact) mass is 419 g/mol. The second-order valence-electron chi connectivity index (χ2n) is 9.94. The number of hydrogen-bond acceptors (Lipinski definition) is 7. The number of fused-ring (bicyclic) bond motifs is 2. The number of likely N-dealkylation sites (tertiary alicyclic amines) is 1. The molecule has 30 heavy (non-hydrogen) atoms. The van der Waals surface area contributed by atoms with Crippen LogP contribution in [0.15, 0.2) is 11.6 Å². The summed E-state index contributed by atoms with van der Waals surface area (Å²) in [6.45, 7) is 5.98. The van der Waals surface area contributed by atoms with Crippen molar-refractivity contribution in [3.8, 4) is 0 Å². The van der Waals surface area contributed by atoms with Gasteiger partial charge in [-0.05, 0) is 65.5 Å². The third kappa shape index (κ3) is 3.21. The number of nitrogens with zero attached hydrogens (tertiary/aromatic N) is 1. The third-order valence-corrected chi connectivity index (χ3v) is 7.94. The van der Waals surface area contributed by atoms with Crippen molar-refractivity contribution in [2.24, 2.45) is 11.8 Å². The van der Waals surface area contributed by atoms with Gasteiger partial charge in [-0.25, -0.2) is 0 Å². The molecule has 2 spiro atoms. The molecule has 2 saturated carbocycles. The van der Waals surface area contributed by atoms with Gasteiger partial charge in [0.15, 0.2) is 0 Å². The minimum atomic E-state index is -0.229.